The molecule has 0 aliphatic carbocycles. The zero-order chi connectivity index (χ0) is 15.9. The van der Waals surface area contributed by atoms with Crippen molar-refractivity contribution < 1.29 is 9.53 Å². The zero-order valence-corrected chi connectivity index (χ0v) is 14.3. The van der Waals surface area contributed by atoms with E-state index >= 15 is 0 Å². The van der Waals surface area contributed by atoms with Crippen LogP contribution in [0.15, 0.2) is 34.9 Å². The number of nitrogens with zero attached hydrogens (tertiary/aromatic N) is 2. The molecule has 0 atom stereocenters. The average molecular weight is 332 g/mol. The third kappa shape index (κ3) is 2.32. The summed E-state index contributed by atoms with van der Waals surface area (Å²) in [6.07, 6.45) is 3.99. The van der Waals surface area contributed by atoms with Crippen molar-refractivity contribution in [1.29, 1.82) is 0 Å². The van der Waals surface area contributed by atoms with Gasteiger partial charge in [-0.15, -0.1) is 0 Å². The number of rotatable bonds is 2. The number of benzene rings is 1. The maximum atomic E-state index is 12.4. The summed E-state index contributed by atoms with van der Waals surface area (Å²) in [4.78, 5) is 16.7. The summed E-state index contributed by atoms with van der Waals surface area (Å²) in [5.41, 5.74) is 3.06. The molecule has 1 saturated heterocycles. The molecule has 3 rings (SSSR count). The van der Waals surface area contributed by atoms with Gasteiger partial charge in [0.25, 0.3) is 5.91 Å². The Balaban J connectivity index is 2.10. The van der Waals surface area contributed by atoms with Gasteiger partial charge in [0, 0.05) is 24.8 Å². The van der Waals surface area contributed by atoms with Gasteiger partial charge in [-0.1, -0.05) is 30.1 Å². The second-order valence-electron chi connectivity index (χ2n) is 4.95. The summed E-state index contributed by atoms with van der Waals surface area (Å²) in [6, 6.07) is 5.95. The van der Waals surface area contributed by atoms with Gasteiger partial charge < -0.3 is 9.64 Å². The second kappa shape index (κ2) is 5.78. The number of hydrogen-bond acceptors (Lipinski definition) is 5. The maximum Gasteiger partial charge on any atom is 0.268 e. The summed E-state index contributed by atoms with van der Waals surface area (Å²) in [7, 11) is 3.37. The standard InChI is InChI=1S/C16H16N2O2S2/c1-4-18-12-8-6-11(20-3)9-10(12)5-7-13(18)14-15(19)17(2)16(21)22-14/h5-9H,4H2,1-3H3. The number of thiocarbonyl (C=S) groups is 1. The molecule has 1 fully saturated rings. The van der Waals surface area contributed by atoms with Crippen molar-refractivity contribution in [3.05, 3.63) is 40.4 Å². The molecule has 0 aromatic heterocycles. The van der Waals surface area contributed by atoms with Gasteiger partial charge >= 0.3 is 0 Å². The quantitative estimate of drug-likeness (QED) is 0.613. The minimum atomic E-state index is -0.0370. The SMILES string of the molecule is CCN1C(=C2SC(=S)N(C)C2=O)C=Cc2cc(OC)ccc21. The molecule has 1 aromatic carbocycles. The number of amides is 1. The molecule has 6 heteroatoms. The molecule has 2 aliphatic rings. The van der Waals surface area contributed by atoms with Crippen molar-refractivity contribution in [2.75, 3.05) is 25.6 Å². The molecule has 114 valence electrons. The van der Waals surface area contributed by atoms with E-state index < -0.39 is 0 Å². The molecule has 2 heterocycles. The Hall–Kier alpha value is -1.79. The minimum Gasteiger partial charge on any atom is -0.497 e. The summed E-state index contributed by atoms with van der Waals surface area (Å²) in [5.74, 6) is 0.785. The number of allylic oxidation sites excluding steroid dienone is 1. The van der Waals surface area contributed by atoms with Gasteiger partial charge in [0.05, 0.1) is 12.8 Å². The average Bonchev–Trinajstić information content (AvgIpc) is 2.80. The molecule has 4 nitrogen and oxygen atoms in total. The van der Waals surface area contributed by atoms with Crippen LogP contribution in [0, 0.1) is 0 Å². The number of carbonyl (C=O) groups is 1. The molecule has 0 saturated carbocycles. The molecule has 22 heavy (non-hydrogen) atoms. The predicted octanol–water partition coefficient (Wildman–Crippen LogP) is 3.25. The summed E-state index contributed by atoms with van der Waals surface area (Å²) in [6.45, 7) is 2.84. The lowest BCUT2D eigenvalue weighted by Gasteiger charge is -2.30. The van der Waals surface area contributed by atoms with Gasteiger partial charge in [-0.25, -0.2) is 0 Å². The van der Waals surface area contributed by atoms with Crippen LogP contribution in [0.3, 0.4) is 0 Å². The molecule has 0 unspecified atom stereocenters. The van der Waals surface area contributed by atoms with E-state index in [1.807, 2.05) is 30.4 Å². The monoisotopic (exact) mass is 332 g/mol. The first-order valence-electron chi connectivity index (χ1n) is 6.94. The molecule has 0 radical (unpaired) electrons. The fourth-order valence-electron chi connectivity index (χ4n) is 2.56. The number of thioether (sulfide) groups is 1. The van der Waals surface area contributed by atoms with E-state index in [4.69, 9.17) is 17.0 Å². The third-order valence-electron chi connectivity index (χ3n) is 3.75. The molecule has 1 amide bonds. The molecule has 2 aliphatic heterocycles. The highest BCUT2D eigenvalue weighted by molar-refractivity contribution is 8.26. The smallest absolute Gasteiger partial charge is 0.268 e. The Morgan fingerprint density at radius 1 is 1.32 bits per heavy atom. The van der Waals surface area contributed by atoms with E-state index in [0.29, 0.717) is 9.23 Å². The first-order valence-corrected chi connectivity index (χ1v) is 8.17. The number of likely N-dealkylation sites (N-methyl/N-ethyl adjacent to an activating group) is 2. The van der Waals surface area contributed by atoms with Crippen LogP contribution in [-0.4, -0.2) is 35.8 Å². The number of hydrogen-bond donors (Lipinski definition) is 0. The van der Waals surface area contributed by atoms with Crippen LogP contribution in [0.1, 0.15) is 12.5 Å². The lowest BCUT2D eigenvalue weighted by Crippen LogP contribution is -2.28. The number of fused-ring (bicyclic) bond motifs is 1. The molecular formula is C16H16N2O2S2. The van der Waals surface area contributed by atoms with Gasteiger partial charge in [0.2, 0.25) is 0 Å². The van der Waals surface area contributed by atoms with E-state index in [9.17, 15) is 4.79 Å². The van der Waals surface area contributed by atoms with Crippen LogP contribution < -0.4 is 9.64 Å². The number of ether oxygens (including phenoxy) is 1. The molecule has 0 bridgehead atoms. The first-order chi connectivity index (χ1) is 10.6. The van der Waals surface area contributed by atoms with Gasteiger partial charge in [-0.05, 0) is 31.2 Å². The van der Waals surface area contributed by atoms with Crippen molar-refractivity contribution in [3.8, 4) is 5.75 Å². The molecule has 0 N–H and O–H groups in total. The van der Waals surface area contributed by atoms with Gasteiger partial charge in [-0.3, -0.25) is 9.69 Å². The zero-order valence-electron chi connectivity index (χ0n) is 12.6. The Kier molecular flexibility index (Phi) is 3.97. The topological polar surface area (TPSA) is 32.8 Å². The van der Waals surface area contributed by atoms with E-state index in [1.165, 1.54) is 16.7 Å². The van der Waals surface area contributed by atoms with Crippen LogP contribution in [0.4, 0.5) is 5.69 Å². The van der Waals surface area contributed by atoms with Crippen LogP contribution in [0.2, 0.25) is 0 Å². The van der Waals surface area contributed by atoms with Crippen LogP contribution in [0.5, 0.6) is 5.75 Å². The highest BCUT2D eigenvalue weighted by atomic mass is 32.2. The third-order valence-corrected chi connectivity index (χ3v) is 5.31. The lowest BCUT2D eigenvalue weighted by molar-refractivity contribution is -0.121. The Labute approximate surface area is 139 Å². The van der Waals surface area contributed by atoms with Crippen molar-refractivity contribution in [3.63, 3.8) is 0 Å². The molecule has 0 spiro atoms. The van der Waals surface area contributed by atoms with E-state index in [-0.39, 0.29) is 5.91 Å². The summed E-state index contributed by atoms with van der Waals surface area (Å²) < 4.78 is 5.87. The minimum absolute atomic E-state index is 0.0370. The highest BCUT2D eigenvalue weighted by Gasteiger charge is 2.33. The van der Waals surface area contributed by atoms with E-state index in [2.05, 4.69) is 11.8 Å². The highest BCUT2D eigenvalue weighted by Crippen LogP contribution is 2.39. The van der Waals surface area contributed by atoms with E-state index in [0.717, 1.165) is 29.2 Å². The predicted molar refractivity (Wildman–Crippen MR) is 95.0 cm³/mol. The number of anilines is 1. The second-order valence-corrected chi connectivity index (χ2v) is 6.59. The number of methoxy groups -OCH3 is 1. The van der Waals surface area contributed by atoms with Gasteiger partial charge in [-0.2, -0.15) is 0 Å². The summed E-state index contributed by atoms with van der Waals surface area (Å²) in [5, 5.41) is 0. The van der Waals surface area contributed by atoms with Crippen LogP contribution >= 0.6 is 24.0 Å². The van der Waals surface area contributed by atoms with Crippen LogP contribution in [0.25, 0.3) is 6.08 Å². The fourth-order valence-corrected chi connectivity index (χ4v) is 3.80. The Morgan fingerprint density at radius 2 is 2.09 bits per heavy atom. The Bertz CT molecular complexity index is 725. The number of carbonyl (C=O) groups excluding carboxylic acids is 1. The van der Waals surface area contributed by atoms with E-state index in [1.54, 1.807) is 14.2 Å². The lowest BCUT2D eigenvalue weighted by atomic mass is 10.0. The fraction of sp³-hybridized carbons (Fsp3) is 0.250. The van der Waals surface area contributed by atoms with Crippen molar-refractivity contribution >= 4 is 46.0 Å². The van der Waals surface area contributed by atoms with Crippen molar-refractivity contribution in [2.45, 2.75) is 6.92 Å². The van der Waals surface area contributed by atoms with Crippen molar-refractivity contribution in [2.24, 2.45) is 0 Å². The largest absolute Gasteiger partial charge is 0.497 e. The van der Waals surface area contributed by atoms with Gasteiger partial charge in [0.1, 0.15) is 15.0 Å². The first kappa shape index (κ1) is 15.1. The molecule has 1 aromatic rings. The molecular weight excluding hydrogens is 316 g/mol. The normalized spacial score (nSPS) is 20.7. The maximum absolute atomic E-state index is 12.4. The summed E-state index contributed by atoms with van der Waals surface area (Å²) >= 11 is 6.59. The Morgan fingerprint density at radius 3 is 2.68 bits per heavy atom. The van der Waals surface area contributed by atoms with Crippen molar-refractivity contribution in [1.82, 2.24) is 4.90 Å². The van der Waals surface area contributed by atoms with Crippen LogP contribution in [-0.2, 0) is 4.79 Å². The van der Waals surface area contributed by atoms with Gasteiger partial charge in [0.15, 0.2) is 0 Å².